The van der Waals surface area contributed by atoms with Gasteiger partial charge in [-0.1, -0.05) is 18.2 Å². The van der Waals surface area contributed by atoms with Gasteiger partial charge in [-0.2, -0.15) is 0 Å². The molecule has 0 saturated carbocycles. The lowest BCUT2D eigenvalue weighted by molar-refractivity contribution is -0.119. The molecule has 0 unspecified atom stereocenters. The smallest absolute Gasteiger partial charge is 0.264 e. The lowest BCUT2D eigenvalue weighted by Crippen LogP contribution is -2.24. The number of carbonyl (C=O) groups excluding carboxylic acids is 2. The van der Waals surface area contributed by atoms with E-state index in [2.05, 4.69) is 10.6 Å². The Balaban J connectivity index is 2.20. The third-order valence-corrected chi connectivity index (χ3v) is 2.47. The fourth-order valence-electron chi connectivity index (χ4n) is 1.67. The molecular weight excluding hydrogens is 232 g/mol. The van der Waals surface area contributed by atoms with Crippen molar-refractivity contribution in [2.24, 2.45) is 0 Å². The summed E-state index contributed by atoms with van der Waals surface area (Å²) >= 11 is 0. The van der Waals surface area contributed by atoms with E-state index >= 15 is 0 Å². The van der Waals surface area contributed by atoms with Gasteiger partial charge in [0.1, 0.15) is 12.2 Å². The van der Waals surface area contributed by atoms with Gasteiger partial charge in [-0.05, 0) is 19.1 Å². The number of hydrogen-bond acceptors (Lipinski definition) is 4. The average Bonchev–Trinajstić information content (AvgIpc) is 2.83. The van der Waals surface area contributed by atoms with Gasteiger partial charge in [-0.25, -0.2) is 0 Å². The van der Waals surface area contributed by atoms with Crippen LogP contribution in [0.2, 0.25) is 0 Å². The average molecular weight is 246 g/mol. The maximum atomic E-state index is 12.0. The fourth-order valence-corrected chi connectivity index (χ4v) is 1.67. The van der Waals surface area contributed by atoms with Gasteiger partial charge in [0.05, 0.1) is 6.54 Å². The van der Waals surface area contributed by atoms with E-state index in [0.717, 1.165) is 0 Å². The monoisotopic (exact) mass is 246 g/mol. The van der Waals surface area contributed by atoms with Crippen molar-refractivity contribution in [3.63, 3.8) is 0 Å². The van der Waals surface area contributed by atoms with Gasteiger partial charge < -0.3 is 15.4 Å². The van der Waals surface area contributed by atoms with Crippen LogP contribution in [0.4, 0.5) is 5.69 Å². The predicted molar refractivity (Wildman–Crippen MR) is 66.7 cm³/mol. The molecule has 1 aromatic carbocycles. The summed E-state index contributed by atoms with van der Waals surface area (Å²) in [6.45, 7) is 2.41. The predicted octanol–water partition coefficient (Wildman–Crippen LogP) is 1.05. The zero-order chi connectivity index (χ0) is 13.0. The number of para-hydroxylation sites is 1. The number of Topliss-reactive ketones (excluding diaryl/α,β-unsaturated/α-hetero) is 1. The highest BCUT2D eigenvalue weighted by Crippen LogP contribution is 2.13. The van der Waals surface area contributed by atoms with Crippen molar-refractivity contribution >= 4 is 17.4 Å². The number of benzene rings is 1. The largest absolute Gasteiger partial charge is 0.477 e. The number of amides is 1. The van der Waals surface area contributed by atoms with E-state index in [4.69, 9.17) is 4.74 Å². The Morgan fingerprint density at radius 1 is 1.28 bits per heavy atom. The maximum absolute atomic E-state index is 12.0. The van der Waals surface area contributed by atoms with Gasteiger partial charge >= 0.3 is 0 Å². The van der Waals surface area contributed by atoms with E-state index < -0.39 is 5.91 Å². The van der Waals surface area contributed by atoms with Crippen molar-refractivity contribution in [3.05, 3.63) is 41.8 Å². The normalized spacial score (nSPS) is 16.5. The molecule has 1 aliphatic rings. The van der Waals surface area contributed by atoms with E-state index in [1.807, 2.05) is 6.07 Å². The first-order valence-electron chi connectivity index (χ1n) is 5.67. The molecular formula is C13H14N2O3. The Kier molecular flexibility index (Phi) is 3.62. The molecule has 0 aromatic heterocycles. The van der Waals surface area contributed by atoms with Crippen LogP contribution in [0.3, 0.4) is 0 Å². The number of anilines is 1. The Labute approximate surface area is 105 Å². The number of nitrogens with one attached hydrogen (secondary N) is 2. The highest BCUT2D eigenvalue weighted by Gasteiger charge is 2.24. The first kappa shape index (κ1) is 12.2. The standard InChI is InChI=1S/C13H14N2O3/c1-9(16)11(13-14-7-8-18-13)12(17)15-10-5-3-2-4-6-10/h2-6,14H,7-8H2,1H3,(H,15,17). The second kappa shape index (κ2) is 5.35. The van der Waals surface area contributed by atoms with Gasteiger partial charge in [0, 0.05) is 5.69 Å². The van der Waals surface area contributed by atoms with Crippen LogP contribution in [-0.2, 0) is 14.3 Å². The van der Waals surface area contributed by atoms with Crippen molar-refractivity contribution in [3.8, 4) is 0 Å². The molecule has 5 nitrogen and oxygen atoms in total. The SMILES string of the molecule is CC(=O)C(C(=O)Nc1ccccc1)=C1NCCO1. The second-order valence-corrected chi connectivity index (χ2v) is 3.86. The lowest BCUT2D eigenvalue weighted by Gasteiger charge is -2.09. The van der Waals surface area contributed by atoms with E-state index in [1.54, 1.807) is 24.3 Å². The molecule has 1 fully saturated rings. The van der Waals surface area contributed by atoms with Crippen LogP contribution in [0.15, 0.2) is 41.8 Å². The van der Waals surface area contributed by atoms with Crippen LogP contribution in [0.25, 0.3) is 0 Å². The highest BCUT2D eigenvalue weighted by atomic mass is 16.5. The number of ether oxygens (including phenoxy) is 1. The summed E-state index contributed by atoms with van der Waals surface area (Å²) in [4.78, 5) is 23.6. The maximum Gasteiger partial charge on any atom is 0.264 e. The van der Waals surface area contributed by atoms with Crippen molar-refractivity contribution in [1.29, 1.82) is 0 Å². The van der Waals surface area contributed by atoms with Crippen LogP contribution in [-0.4, -0.2) is 24.8 Å². The zero-order valence-corrected chi connectivity index (χ0v) is 10.0. The van der Waals surface area contributed by atoms with E-state index in [0.29, 0.717) is 18.8 Å². The topological polar surface area (TPSA) is 67.4 Å². The van der Waals surface area contributed by atoms with Crippen molar-refractivity contribution in [1.82, 2.24) is 5.32 Å². The third-order valence-electron chi connectivity index (χ3n) is 2.47. The first-order valence-corrected chi connectivity index (χ1v) is 5.67. The Bertz CT molecular complexity index is 486. The molecule has 1 saturated heterocycles. The third kappa shape index (κ3) is 2.68. The van der Waals surface area contributed by atoms with E-state index in [1.165, 1.54) is 6.92 Å². The summed E-state index contributed by atoms with van der Waals surface area (Å²) in [6.07, 6.45) is 0. The Hall–Kier alpha value is -2.30. The van der Waals surface area contributed by atoms with Crippen LogP contribution in [0.1, 0.15) is 6.92 Å². The molecule has 0 aliphatic carbocycles. The van der Waals surface area contributed by atoms with Gasteiger partial charge in [0.15, 0.2) is 5.78 Å². The summed E-state index contributed by atoms with van der Waals surface area (Å²) in [6, 6.07) is 8.97. The van der Waals surface area contributed by atoms with Crippen LogP contribution < -0.4 is 10.6 Å². The molecule has 2 rings (SSSR count). The van der Waals surface area contributed by atoms with Gasteiger partial charge in [0.2, 0.25) is 5.88 Å². The molecule has 5 heteroatoms. The van der Waals surface area contributed by atoms with Gasteiger partial charge in [-0.15, -0.1) is 0 Å². The van der Waals surface area contributed by atoms with Crippen LogP contribution in [0, 0.1) is 0 Å². The summed E-state index contributed by atoms with van der Waals surface area (Å²) < 4.78 is 5.22. The number of rotatable bonds is 3. The van der Waals surface area contributed by atoms with E-state index in [-0.39, 0.29) is 17.2 Å². The first-order chi connectivity index (χ1) is 8.68. The minimum Gasteiger partial charge on any atom is -0.477 e. The lowest BCUT2D eigenvalue weighted by atomic mass is 10.1. The molecule has 1 aliphatic heterocycles. The minimum atomic E-state index is -0.460. The molecule has 1 amide bonds. The summed E-state index contributed by atoms with van der Waals surface area (Å²) in [5.74, 6) is -0.526. The molecule has 18 heavy (non-hydrogen) atoms. The molecule has 0 spiro atoms. The molecule has 0 radical (unpaired) electrons. The zero-order valence-electron chi connectivity index (χ0n) is 10.0. The Morgan fingerprint density at radius 2 is 2.00 bits per heavy atom. The molecule has 1 heterocycles. The van der Waals surface area contributed by atoms with Gasteiger partial charge in [-0.3, -0.25) is 9.59 Å². The summed E-state index contributed by atoms with van der Waals surface area (Å²) in [5.41, 5.74) is 0.663. The Morgan fingerprint density at radius 3 is 2.56 bits per heavy atom. The van der Waals surface area contributed by atoms with Crippen molar-refractivity contribution in [2.75, 3.05) is 18.5 Å². The molecule has 0 bridgehead atoms. The molecule has 0 atom stereocenters. The van der Waals surface area contributed by atoms with Crippen LogP contribution >= 0.6 is 0 Å². The van der Waals surface area contributed by atoms with Crippen molar-refractivity contribution < 1.29 is 14.3 Å². The summed E-state index contributed by atoms with van der Waals surface area (Å²) in [5, 5.41) is 5.54. The molecule has 1 aromatic rings. The number of carbonyl (C=O) groups is 2. The van der Waals surface area contributed by atoms with Crippen molar-refractivity contribution in [2.45, 2.75) is 6.92 Å². The number of ketones is 1. The fraction of sp³-hybridized carbons (Fsp3) is 0.231. The van der Waals surface area contributed by atoms with Gasteiger partial charge in [0.25, 0.3) is 5.91 Å². The molecule has 2 N–H and O–H groups in total. The van der Waals surface area contributed by atoms with Crippen LogP contribution in [0.5, 0.6) is 0 Å². The highest BCUT2D eigenvalue weighted by molar-refractivity contribution is 6.23. The quantitative estimate of drug-likeness (QED) is 0.475. The minimum absolute atomic E-state index is 0.0244. The molecule has 94 valence electrons. The van der Waals surface area contributed by atoms with E-state index in [9.17, 15) is 9.59 Å². The second-order valence-electron chi connectivity index (χ2n) is 3.86. The number of hydrogen-bond donors (Lipinski definition) is 2. The summed E-state index contributed by atoms with van der Waals surface area (Å²) in [7, 11) is 0.